The van der Waals surface area contributed by atoms with Crippen LogP contribution < -0.4 is 0 Å². The fourth-order valence-corrected chi connectivity index (χ4v) is 5.11. The van der Waals surface area contributed by atoms with Crippen LogP contribution in [0.1, 0.15) is 17.5 Å². The second-order valence-electron chi connectivity index (χ2n) is 7.46. The minimum atomic E-state index is -3.43. The molecule has 2 heterocycles. The third-order valence-corrected chi connectivity index (χ3v) is 7.23. The van der Waals surface area contributed by atoms with Crippen LogP contribution in [0.3, 0.4) is 0 Å². The molecule has 0 saturated carbocycles. The highest BCUT2D eigenvalue weighted by Gasteiger charge is 2.26. The number of hydrogen-bond donors (Lipinski definition) is 0. The van der Waals surface area contributed by atoms with E-state index >= 15 is 0 Å². The van der Waals surface area contributed by atoms with Crippen molar-refractivity contribution in [2.45, 2.75) is 24.8 Å². The average Bonchev–Trinajstić information content (AvgIpc) is 3.15. The summed E-state index contributed by atoms with van der Waals surface area (Å²) < 4.78 is 29.4. The molecule has 0 N–H and O–H groups in total. The highest BCUT2D eigenvalue weighted by Crippen LogP contribution is 2.19. The van der Waals surface area contributed by atoms with Crippen molar-refractivity contribution in [1.29, 1.82) is 0 Å². The SMILES string of the molecule is Cc1ccc(S(=O)(=O)N2CCCN(Cc3ccc(-n4cccn4)cc3)CC2)cc1. The predicted molar refractivity (Wildman–Crippen MR) is 113 cm³/mol. The Kier molecular flexibility index (Phi) is 5.80. The number of nitrogens with zero attached hydrogens (tertiary/aromatic N) is 4. The highest BCUT2D eigenvalue weighted by atomic mass is 32.2. The molecule has 0 radical (unpaired) electrons. The topological polar surface area (TPSA) is 58.4 Å². The van der Waals surface area contributed by atoms with Crippen molar-refractivity contribution < 1.29 is 8.42 Å². The molecule has 6 nitrogen and oxygen atoms in total. The van der Waals surface area contributed by atoms with Gasteiger partial charge in [-0.05, 0) is 55.8 Å². The highest BCUT2D eigenvalue weighted by molar-refractivity contribution is 7.89. The zero-order valence-electron chi connectivity index (χ0n) is 16.6. The summed E-state index contributed by atoms with van der Waals surface area (Å²) in [6, 6.07) is 17.4. The van der Waals surface area contributed by atoms with E-state index in [-0.39, 0.29) is 0 Å². The standard InChI is InChI=1S/C22H26N4O2S/c1-19-4-10-22(11-5-19)29(27,28)25-14-3-13-24(16-17-25)18-20-6-8-21(9-7-20)26-15-2-12-23-26/h2,4-12,15H,3,13-14,16-18H2,1H3. The summed E-state index contributed by atoms with van der Waals surface area (Å²) >= 11 is 0. The first-order valence-corrected chi connectivity index (χ1v) is 11.3. The number of hydrogen-bond acceptors (Lipinski definition) is 4. The molecule has 1 aromatic heterocycles. The molecule has 1 saturated heterocycles. The summed E-state index contributed by atoms with van der Waals surface area (Å²) in [7, 11) is -3.43. The van der Waals surface area contributed by atoms with Crippen LogP contribution in [0, 0.1) is 6.92 Å². The van der Waals surface area contributed by atoms with Gasteiger partial charge in [-0.15, -0.1) is 0 Å². The van der Waals surface area contributed by atoms with E-state index in [4.69, 9.17) is 0 Å². The van der Waals surface area contributed by atoms with Crippen LogP contribution in [0.5, 0.6) is 0 Å². The lowest BCUT2D eigenvalue weighted by molar-refractivity contribution is 0.278. The summed E-state index contributed by atoms with van der Waals surface area (Å²) in [6.45, 7) is 5.47. The van der Waals surface area contributed by atoms with Gasteiger partial charge in [0.1, 0.15) is 0 Å². The van der Waals surface area contributed by atoms with Gasteiger partial charge in [0, 0.05) is 38.6 Å². The molecule has 0 unspecified atom stereocenters. The van der Waals surface area contributed by atoms with Crippen molar-refractivity contribution in [2.75, 3.05) is 26.2 Å². The van der Waals surface area contributed by atoms with E-state index in [2.05, 4.69) is 34.3 Å². The van der Waals surface area contributed by atoms with E-state index in [0.717, 1.165) is 37.3 Å². The Balaban J connectivity index is 1.39. The van der Waals surface area contributed by atoms with Gasteiger partial charge in [-0.25, -0.2) is 13.1 Å². The molecule has 1 fully saturated rings. The summed E-state index contributed by atoms with van der Waals surface area (Å²) in [4.78, 5) is 2.71. The molecule has 0 aliphatic carbocycles. The Morgan fingerprint density at radius 2 is 1.69 bits per heavy atom. The number of aromatic nitrogens is 2. The molecule has 7 heteroatoms. The lowest BCUT2D eigenvalue weighted by atomic mass is 10.2. The third-order valence-electron chi connectivity index (χ3n) is 5.32. The lowest BCUT2D eigenvalue weighted by Crippen LogP contribution is -2.35. The minimum absolute atomic E-state index is 0.380. The van der Waals surface area contributed by atoms with Crippen LogP contribution >= 0.6 is 0 Å². The quantitative estimate of drug-likeness (QED) is 0.649. The molecule has 2 aromatic carbocycles. The lowest BCUT2D eigenvalue weighted by Gasteiger charge is -2.22. The van der Waals surface area contributed by atoms with E-state index in [9.17, 15) is 8.42 Å². The van der Waals surface area contributed by atoms with Crippen molar-refractivity contribution in [3.05, 3.63) is 78.1 Å². The van der Waals surface area contributed by atoms with Gasteiger partial charge >= 0.3 is 0 Å². The third kappa shape index (κ3) is 4.58. The molecule has 4 rings (SSSR count). The van der Waals surface area contributed by atoms with E-state index in [1.54, 1.807) is 22.6 Å². The van der Waals surface area contributed by atoms with Crippen molar-refractivity contribution in [1.82, 2.24) is 19.0 Å². The molecule has 1 aliphatic heterocycles. The van der Waals surface area contributed by atoms with Gasteiger partial charge in [-0.2, -0.15) is 9.40 Å². The maximum atomic E-state index is 13.0. The van der Waals surface area contributed by atoms with Gasteiger partial charge < -0.3 is 0 Å². The summed E-state index contributed by atoms with van der Waals surface area (Å²) in [5.74, 6) is 0. The Morgan fingerprint density at radius 1 is 0.931 bits per heavy atom. The number of aryl methyl sites for hydroxylation is 1. The van der Waals surface area contributed by atoms with Gasteiger partial charge in [0.05, 0.1) is 10.6 Å². The number of benzene rings is 2. The van der Waals surface area contributed by atoms with Crippen molar-refractivity contribution in [2.24, 2.45) is 0 Å². The van der Waals surface area contributed by atoms with Gasteiger partial charge in [0.15, 0.2) is 0 Å². The van der Waals surface area contributed by atoms with Crippen molar-refractivity contribution in [3.8, 4) is 5.69 Å². The molecular weight excluding hydrogens is 384 g/mol. The predicted octanol–water partition coefficient (Wildman–Crippen LogP) is 3.08. The molecule has 3 aromatic rings. The molecule has 1 aliphatic rings. The van der Waals surface area contributed by atoms with Gasteiger partial charge in [0.2, 0.25) is 10.0 Å². The van der Waals surface area contributed by atoms with Crippen molar-refractivity contribution >= 4 is 10.0 Å². The monoisotopic (exact) mass is 410 g/mol. The van der Waals surface area contributed by atoms with Gasteiger partial charge in [-0.1, -0.05) is 29.8 Å². The van der Waals surface area contributed by atoms with E-state index in [0.29, 0.717) is 18.0 Å². The minimum Gasteiger partial charge on any atom is -0.298 e. The van der Waals surface area contributed by atoms with Crippen LogP contribution in [0.15, 0.2) is 71.9 Å². The second kappa shape index (κ2) is 8.49. The maximum absolute atomic E-state index is 13.0. The molecule has 0 amide bonds. The Labute approximate surface area is 172 Å². The maximum Gasteiger partial charge on any atom is 0.243 e. The fraction of sp³-hybridized carbons (Fsp3) is 0.318. The molecule has 0 bridgehead atoms. The Bertz CT molecular complexity index is 1030. The molecule has 29 heavy (non-hydrogen) atoms. The van der Waals surface area contributed by atoms with Crippen LogP contribution in [0.4, 0.5) is 0 Å². The smallest absolute Gasteiger partial charge is 0.243 e. The normalized spacial score (nSPS) is 16.6. The van der Waals surface area contributed by atoms with E-state index in [1.165, 1.54) is 5.56 Å². The van der Waals surface area contributed by atoms with Crippen LogP contribution in [0.2, 0.25) is 0 Å². The van der Waals surface area contributed by atoms with E-state index < -0.39 is 10.0 Å². The first-order chi connectivity index (χ1) is 14.0. The Morgan fingerprint density at radius 3 is 2.38 bits per heavy atom. The largest absolute Gasteiger partial charge is 0.298 e. The first-order valence-electron chi connectivity index (χ1n) is 9.90. The number of rotatable bonds is 5. The summed E-state index contributed by atoms with van der Waals surface area (Å²) in [6.07, 6.45) is 4.52. The first kappa shape index (κ1) is 19.8. The van der Waals surface area contributed by atoms with E-state index in [1.807, 2.05) is 36.0 Å². The molecule has 0 atom stereocenters. The Hall–Kier alpha value is -2.48. The summed E-state index contributed by atoms with van der Waals surface area (Å²) in [5, 5.41) is 4.25. The number of sulfonamides is 1. The van der Waals surface area contributed by atoms with Gasteiger partial charge in [-0.3, -0.25) is 4.90 Å². The van der Waals surface area contributed by atoms with Crippen molar-refractivity contribution in [3.63, 3.8) is 0 Å². The molecule has 0 spiro atoms. The fourth-order valence-electron chi connectivity index (χ4n) is 3.64. The van der Waals surface area contributed by atoms with Crippen LogP contribution in [-0.2, 0) is 16.6 Å². The second-order valence-corrected chi connectivity index (χ2v) is 9.40. The summed E-state index contributed by atoms with van der Waals surface area (Å²) in [5.41, 5.74) is 3.31. The molecular formula is C22H26N4O2S. The van der Waals surface area contributed by atoms with Gasteiger partial charge in [0.25, 0.3) is 0 Å². The zero-order chi connectivity index (χ0) is 20.3. The zero-order valence-corrected chi connectivity index (χ0v) is 17.4. The van der Waals surface area contributed by atoms with Crippen LogP contribution in [-0.4, -0.2) is 53.6 Å². The van der Waals surface area contributed by atoms with Crippen LogP contribution in [0.25, 0.3) is 5.69 Å². The molecule has 152 valence electrons. The average molecular weight is 411 g/mol.